The largest absolute Gasteiger partial charge is 0.488 e. The molecule has 5 heteroatoms. The zero-order chi connectivity index (χ0) is 11.7. The van der Waals surface area contributed by atoms with Crippen molar-refractivity contribution in [1.82, 2.24) is 0 Å². The van der Waals surface area contributed by atoms with E-state index in [-0.39, 0.29) is 18.0 Å². The molecule has 0 amide bonds. The smallest absolute Gasteiger partial charge is 0.328 e. The Bertz CT molecular complexity index is 505. The van der Waals surface area contributed by atoms with E-state index < -0.39 is 5.97 Å². The molecule has 0 spiro atoms. The number of hydrogen-bond donors (Lipinski definition) is 1. The van der Waals surface area contributed by atoms with Crippen LogP contribution >= 0.6 is 22.6 Å². The molecule has 0 saturated heterocycles. The van der Waals surface area contributed by atoms with Crippen molar-refractivity contribution in [1.29, 1.82) is 0 Å². The van der Waals surface area contributed by atoms with Crippen LogP contribution in [-0.4, -0.2) is 23.5 Å². The van der Waals surface area contributed by atoms with E-state index in [9.17, 15) is 9.59 Å². The highest BCUT2D eigenvalue weighted by atomic mass is 127. The van der Waals surface area contributed by atoms with Crippen molar-refractivity contribution in [2.45, 2.75) is 0 Å². The molecule has 0 radical (unpaired) electrons. The molecule has 1 N–H and O–H groups in total. The highest BCUT2D eigenvalue weighted by molar-refractivity contribution is 14.1. The van der Waals surface area contributed by atoms with Crippen LogP contribution in [0.4, 0.5) is 0 Å². The number of fused-ring (bicyclic) bond motifs is 1. The van der Waals surface area contributed by atoms with Gasteiger partial charge < -0.3 is 9.84 Å². The molecule has 0 fully saturated rings. The molecule has 4 nitrogen and oxygen atoms in total. The summed E-state index contributed by atoms with van der Waals surface area (Å²) in [5.74, 6) is -0.906. The molecule has 0 saturated carbocycles. The zero-order valence-electron chi connectivity index (χ0n) is 8.07. The summed E-state index contributed by atoms with van der Waals surface area (Å²) in [4.78, 5) is 22.4. The van der Waals surface area contributed by atoms with E-state index in [1.165, 1.54) is 0 Å². The molecule has 0 unspecified atom stereocenters. The molecule has 1 aliphatic heterocycles. The van der Waals surface area contributed by atoms with Gasteiger partial charge in [0, 0.05) is 15.2 Å². The number of ketones is 1. The van der Waals surface area contributed by atoms with Gasteiger partial charge in [0.05, 0.1) is 5.56 Å². The van der Waals surface area contributed by atoms with Gasteiger partial charge in [-0.25, -0.2) is 4.79 Å². The lowest BCUT2D eigenvalue weighted by atomic mass is 10.0. The number of carbonyl (C=O) groups excluding carboxylic acids is 1. The highest BCUT2D eigenvalue weighted by Crippen LogP contribution is 2.28. The first-order chi connectivity index (χ1) is 7.58. The number of Topliss-reactive ketones (excluding diaryl/α,β-unsaturated/α-hetero) is 1. The van der Waals surface area contributed by atoms with E-state index >= 15 is 0 Å². The summed E-state index contributed by atoms with van der Waals surface area (Å²) < 4.78 is 6.21. The SMILES string of the molecule is O=C(O)C=C1COc2ccc(I)cc2C1=O. The van der Waals surface area contributed by atoms with E-state index in [1.807, 2.05) is 6.07 Å². The lowest BCUT2D eigenvalue weighted by Crippen LogP contribution is -2.20. The quantitative estimate of drug-likeness (QED) is 0.631. The van der Waals surface area contributed by atoms with Gasteiger partial charge in [-0.2, -0.15) is 0 Å². The maximum atomic E-state index is 11.9. The Morgan fingerprint density at radius 2 is 2.25 bits per heavy atom. The summed E-state index contributed by atoms with van der Waals surface area (Å²) in [6.07, 6.45) is 0.894. The third kappa shape index (κ3) is 2.08. The van der Waals surface area contributed by atoms with Crippen LogP contribution in [0.25, 0.3) is 0 Å². The molecule has 0 aromatic heterocycles. The van der Waals surface area contributed by atoms with Crippen LogP contribution in [0.5, 0.6) is 5.75 Å². The maximum Gasteiger partial charge on any atom is 0.328 e. The number of ether oxygens (including phenoxy) is 1. The average molecular weight is 330 g/mol. The Kier molecular flexibility index (Phi) is 2.95. The van der Waals surface area contributed by atoms with Gasteiger partial charge in [0.15, 0.2) is 5.78 Å². The molecule has 2 rings (SSSR count). The molecule has 82 valence electrons. The standard InChI is InChI=1S/C11H7IO4/c12-7-1-2-9-8(4-7)11(15)6(5-16-9)3-10(13)14/h1-4H,5H2,(H,13,14). The van der Waals surface area contributed by atoms with Crippen LogP contribution in [0.2, 0.25) is 0 Å². The van der Waals surface area contributed by atoms with Crippen LogP contribution < -0.4 is 4.74 Å². The summed E-state index contributed by atoms with van der Waals surface area (Å²) in [7, 11) is 0. The molecular weight excluding hydrogens is 323 g/mol. The van der Waals surface area contributed by atoms with Gasteiger partial charge in [-0.15, -0.1) is 0 Å². The first-order valence-electron chi connectivity index (χ1n) is 4.48. The summed E-state index contributed by atoms with van der Waals surface area (Å²) >= 11 is 2.08. The van der Waals surface area contributed by atoms with Crippen molar-refractivity contribution in [3.05, 3.63) is 39.0 Å². The maximum absolute atomic E-state index is 11.9. The minimum Gasteiger partial charge on any atom is -0.488 e. The number of aliphatic carboxylic acids is 1. The molecular formula is C11H7IO4. The number of benzene rings is 1. The summed E-state index contributed by atoms with van der Waals surface area (Å²) in [6, 6.07) is 5.23. The van der Waals surface area contributed by atoms with E-state index in [1.54, 1.807) is 12.1 Å². The predicted molar refractivity (Wildman–Crippen MR) is 64.7 cm³/mol. The minimum atomic E-state index is -1.14. The van der Waals surface area contributed by atoms with Gasteiger partial charge in [0.2, 0.25) is 0 Å². The van der Waals surface area contributed by atoms with Crippen molar-refractivity contribution in [3.8, 4) is 5.75 Å². The average Bonchev–Trinajstić information content (AvgIpc) is 2.22. The summed E-state index contributed by atoms with van der Waals surface area (Å²) in [5.41, 5.74) is 0.590. The van der Waals surface area contributed by atoms with Crippen molar-refractivity contribution in [2.75, 3.05) is 6.61 Å². The van der Waals surface area contributed by atoms with Crippen LogP contribution in [0.1, 0.15) is 10.4 Å². The Morgan fingerprint density at radius 1 is 1.50 bits per heavy atom. The van der Waals surface area contributed by atoms with Crippen molar-refractivity contribution in [3.63, 3.8) is 0 Å². The number of carbonyl (C=O) groups is 2. The molecule has 1 aromatic rings. The third-order valence-corrected chi connectivity index (χ3v) is 2.83. The third-order valence-electron chi connectivity index (χ3n) is 2.16. The Morgan fingerprint density at radius 3 is 2.94 bits per heavy atom. The van der Waals surface area contributed by atoms with Gasteiger partial charge in [0.25, 0.3) is 0 Å². The molecule has 0 atom stereocenters. The zero-order valence-corrected chi connectivity index (χ0v) is 10.2. The van der Waals surface area contributed by atoms with Crippen molar-refractivity contribution in [2.24, 2.45) is 0 Å². The fourth-order valence-corrected chi connectivity index (χ4v) is 1.95. The lowest BCUT2D eigenvalue weighted by molar-refractivity contribution is -0.131. The van der Waals surface area contributed by atoms with Gasteiger partial charge in [-0.1, -0.05) is 0 Å². The normalized spacial score (nSPS) is 16.8. The molecule has 1 aliphatic rings. The van der Waals surface area contributed by atoms with Crippen LogP contribution in [0.3, 0.4) is 0 Å². The Hall–Kier alpha value is -1.37. The van der Waals surface area contributed by atoms with E-state index in [0.29, 0.717) is 11.3 Å². The topological polar surface area (TPSA) is 63.6 Å². The predicted octanol–water partition coefficient (Wildman–Crippen LogP) is 1.88. The second-order valence-electron chi connectivity index (χ2n) is 3.27. The van der Waals surface area contributed by atoms with Gasteiger partial charge in [0.1, 0.15) is 12.4 Å². The van der Waals surface area contributed by atoms with E-state index in [4.69, 9.17) is 9.84 Å². The Balaban J connectivity index is 2.46. The molecule has 1 heterocycles. The molecule has 1 aromatic carbocycles. The van der Waals surface area contributed by atoms with E-state index in [0.717, 1.165) is 9.65 Å². The Labute approximate surface area is 105 Å². The number of carboxylic acids is 1. The fraction of sp³-hybridized carbons (Fsp3) is 0.0909. The second-order valence-corrected chi connectivity index (χ2v) is 4.51. The van der Waals surface area contributed by atoms with Gasteiger partial charge in [-0.3, -0.25) is 4.79 Å². The molecule has 0 aliphatic carbocycles. The number of carboxylic acid groups (broad SMARTS) is 1. The molecule has 0 bridgehead atoms. The number of halogens is 1. The first-order valence-corrected chi connectivity index (χ1v) is 5.56. The second kappa shape index (κ2) is 4.25. The number of hydrogen-bond acceptors (Lipinski definition) is 3. The monoisotopic (exact) mass is 330 g/mol. The minimum absolute atomic E-state index is 0.0126. The molecule has 16 heavy (non-hydrogen) atoms. The fourth-order valence-electron chi connectivity index (χ4n) is 1.46. The number of rotatable bonds is 1. The van der Waals surface area contributed by atoms with Gasteiger partial charge >= 0.3 is 5.97 Å². The van der Waals surface area contributed by atoms with Crippen LogP contribution in [0.15, 0.2) is 29.8 Å². The van der Waals surface area contributed by atoms with Crippen LogP contribution in [0, 0.1) is 3.57 Å². The summed E-state index contributed by atoms with van der Waals surface area (Å²) in [6.45, 7) is 0.0126. The van der Waals surface area contributed by atoms with Crippen LogP contribution in [-0.2, 0) is 4.79 Å². The highest BCUT2D eigenvalue weighted by Gasteiger charge is 2.24. The van der Waals surface area contributed by atoms with Crippen molar-refractivity contribution < 1.29 is 19.4 Å². The van der Waals surface area contributed by atoms with E-state index in [2.05, 4.69) is 22.6 Å². The van der Waals surface area contributed by atoms with Gasteiger partial charge in [-0.05, 0) is 40.8 Å². The summed E-state index contributed by atoms with van der Waals surface area (Å²) in [5, 5.41) is 8.60. The first kappa shape index (κ1) is 11.1. The van der Waals surface area contributed by atoms with Crippen molar-refractivity contribution >= 4 is 34.3 Å². The lowest BCUT2D eigenvalue weighted by Gasteiger charge is -2.18.